The van der Waals surface area contributed by atoms with Crippen LogP contribution in [-0.2, 0) is 9.22 Å². The molecule has 0 aliphatic heterocycles. The van der Waals surface area contributed by atoms with Gasteiger partial charge in [-0.15, -0.1) is 0 Å². The van der Waals surface area contributed by atoms with Gasteiger partial charge in [-0.2, -0.15) is 13.2 Å². The van der Waals surface area contributed by atoms with Gasteiger partial charge in [-0.05, 0) is 24.1 Å². The van der Waals surface area contributed by atoms with Gasteiger partial charge in [-0.3, -0.25) is 4.79 Å². The molecule has 23 heavy (non-hydrogen) atoms. The quantitative estimate of drug-likeness (QED) is 0.202. The highest BCUT2D eigenvalue weighted by molar-refractivity contribution is 14.1. The first kappa shape index (κ1) is 23.9. The topological polar surface area (TPSA) is 38.3 Å². The fourth-order valence-corrected chi connectivity index (χ4v) is 4.10. The largest absolute Gasteiger partial charge is 0.416 e. The molecule has 1 amide bonds. The van der Waals surface area contributed by atoms with Crippen LogP contribution in [0, 0.1) is 5.92 Å². The van der Waals surface area contributed by atoms with E-state index in [0.717, 1.165) is 0 Å². The third-order valence-electron chi connectivity index (χ3n) is 4.19. The van der Waals surface area contributed by atoms with Crippen LogP contribution in [0.4, 0.5) is 13.2 Å². The molecule has 0 aromatic rings. The van der Waals surface area contributed by atoms with Crippen molar-refractivity contribution in [3.05, 3.63) is 0 Å². The molecule has 0 aromatic carbocycles. The Hall–Kier alpha value is 0.897. The van der Waals surface area contributed by atoms with E-state index >= 15 is 0 Å². The van der Waals surface area contributed by atoms with Gasteiger partial charge in [0.1, 0.15) is 3.55 Å². The summed E-state index contributed by atoms with van der Waals surface area (Å²) in [4.78, 5) is 11.8. The first-order chi connectivity index (χ1) is 9.99. The number of alkyl halides is 5. The molecular formula is C14H26F3I2NO2Si. The van der Waals surface area contributed by atoms with E-state index in [1.165, 1.54) is 0 Å². The van der Waals surface area contributed by atoms with Crippen LogP contribution in [0.2, 0.25) is 18.1 Å². The molecule has 2 unspecified atom stereocenters. The molecule has 2 atom stereocenters. The van der Waals surface area contributed by atoms with Crippen LogP contribution in [0.25, 0.3) is 0 Å². The van der Waals surface area contributed by atoms with Crippen molar-refractivity contribution in [1.82, 2.24) is 5.32 Å². The number of carbonyl (C=O) groups is 1. The van der Waals surface area contributed by atoms with E-state index in [9.17, 15) is 18.0 Å². The Morgan fingerprint density at radius 3 is 1.91 bits per heavy atom. The molecule has 0 rings (SSSR count). The number of hydrogen-bond donors (Lipinski definition) is 1. The van der Waals surface area contributed by atoms with E-state index in [0.29, 0.717) is 0 Å². The summed E-state index contributed by atoms with van der Waals surface area (Å²) in [6.07, 6.45) is -6.62. The molecule has 0 aliphatic rings. The molecule has 3 nitrogen and oxygen atoms in total. The van der Waals surface area contributed by atoms with Gasteiger partial charge in [0.05, 0.1) is 4.43 Å². The zero-order chi connectivity index (χ0) is 18.9. The lowest BCUT2D eigenvalue weighted by Crippen LogP contribution is -2.64. The Labute approximate surface area is 165 Å². The van der Waals surface area contributed by atoms with Crippen LogP contribution < -0.4 is 5.32 Å². The molecular weight excluding hydrogens is 553 g/mol. The second-order valence-electron chi connectivity index (χ2n) is 7.40. The molecule has 0 radical (unpaired) electrons. The van der Waals surface area contributed by atoms with Crippen molar-refractivity contribution in [3.63, 3.8) is 0 Å². The van der Waals surface area contributed by atoms with E-state index in [-0.39, 0.29) is 9.47 Å². The fourth-order valence-electron chi connectivity index (χ4n) is 1.62. The van der Waals surface area contributed by atoms with Crippen LogP contribution >= 0.6 is 45.2 Å². The Morgan fingerprint density at radius 2 is 1.65 bits per heavy atom. The summed E-state index contributed by atoms with van der Waals surface area (Å²) >= 11 is 3.53. The lowest BCUT2D eigenvalue weighted by molar-refractivity contribution is -0.212. The monoisotopic (exact) mass is 579 g/mol. The number of halogens is 5. The molecule has 0 saturated heterocycles. The minimum Gasteiger partial charge on any atom is -0.403 e. The third-order valence-corrected chi connectivity index (χ3v) is 11.4. The summed E-state index contributed by atoms with van der Waals surface area (Å²) in [6.45, 7) is 12.6. The van der Waals surface area contributed by atoms with Crippen LogP contribution in [0.3, 0.4) is 0 Å². The highest BCUT2D eigenvalue weighted by Crippen LogP contribution is 2.45. The van der Waals surface area contributed by atoms with Gasteiger partial charge in [0, 0.05) is 0 Å². The molecule has 1 N–H and O–H groups in total. The Kier molecular flexibility index (Phi) is 8.38. The van der Waals surface area contributed by atoms with Gasteiger partial charge in [0.25, 0.3) is 0 Å². The van der Waals surface area contributed by atoms with Crippen molar-refractivity contribution >= 4 is 59.4 Å². The lowest BCUT2D eigenvalue weighted by atomic mass is 9.98. The lowest BCUT2D eigenvalue weighted by Gasteiger charge is -2.46. The molecule has 0 fully saturated rings. The normalized spacial score (nSPS) is 17.8. The SMILES string of the molecule is CC(C)C(I)(NC(=O)CI)C(O[Si](C)(C)C(C)(C)C)C(F)(F)F. The average molecular weight is 579 g/mol. The number of amides is 1. The van der Waals surface area contributed by atoms with E-state index in [1.54, 1.807) is 49.5 Å². The predicted molar refractivity (Wildman–Crippen MR) is 107 cm³/mol. The first-order valence-electron chi connectivity index (χ1n) is 7.29. The minimum absolute atomic E-state index is 0.0971. The maximum atomic E-state index is 13.8. The maximum absolute atomic E-state index is 13.8. The highest BCUT2D eigenvalue weighted by Gasteiger charge is 2.58. The van der Waals surface area contributed by atoms with E-state index in [4.69, 9.17) is 4.43 Å². The van der Waals surface area contributed by atoms with Gasteiger partial charge in [-0.25, -0.2) is 0 Å². The molecule has 0 heterocycles. The first-order valence-corrected chi connectivity index (χ1v) is 12.8. The summed E-state index contributed by atoms with van der Waals surface area (Å²) in [5.41, 5.74) is 0. The van der Waals surface area contributed by atoms with E-state index in [2.05, 4.69) is 5.32 Å². The number of rotatable bonds is 6. The fraction of sp³-hybridized carbons (Fsp3) is 0.929. The summed E-state index contributed by atoms with van der Waals surface area (Å²) in [7, 11) is -2.67. The van der Waals surface area contributed by atoms with Crippen molar-refractivity contribution in [2.45, 2.75) is 68.6 Å². The zero-order valence-electron chi connectivity index (χ0n) is 14.6. The average Bonchev–Trinajstić information content (AvgIpc) is 2.32. The van der Waals surface area contributed by atoms with E-state index in [1.807, 2.05) is 43.4 Å². The minimum atomic E-state index is -4.57. The number of hydrogen-bond acceptors (Lipinski definition) is 2. The highest BCUT2D eigenvalue weighted by atomic mass is 127. The Balaban J connectivity index is 5.90. The molecule has 138 valence electrons. The second-order valence-corrected chi connectivity index (χ2v) is 14.7. The van der Waals surface area contributed by atoms with Crippen molar-refractivity contribution in [3.8, 4) is 0 Å². The smallest absolute Gasteiger partial charge is 0.403 e. The summed E-state index contributed by atoms with van der Waals surface area (Å²) in [6, 6.07) is 0. The second kappa shape index (κ2) is 8.06. The standard InChI is InChI=1S/C14H26F3I2NO2Si/c1-9(2)13(19,20-10(21)8-18)11(14(15,16)17)22-23(6,7)12(3,4)5/h9,11H,8H2,1-7H3,(H,20,21). The molecule has 0 aliphatic carbocycles. The summed E-state index contributed by atoms with van der Waals surface area (Å²) < 4.78 is 45.6. The van der Waals surface area contributed by atoms with Crippen molar-refractivity contribution in [1.29, 1.82) is 0 Å². The molecule has 0 saturated carbocycles. The van der Waals surface area contributed by atoms with Gasteiger partial charge in [0.2, 0.25) is 5.91 Å². The van der Waals surface area contributed by atoms with Crippen molar-refractivity contribution in [2.75, 3.05) is 4.43 Å². The Bertz CT molecular complexity index is 425. The van der Waals surface area contributed by atoms with Gasteiger partial charge in [-0.1, -0.05) is 79.8 Å². The predicted octanol–water partition coefficient (Wildman–Crippen LogP) is 5.28. The van der Waals surface area contributed by atoms with Crippen LogP contribution in [0.15, 0.2) is 0 Å². The number of nitrogens with one attached hydrogen (secondary N) is 1. The van der Waals surface area contributed by atoms with Crippen LogP contribution in [0.5, 0.6) is 0 Å². The van der Waals surface area contributed by atoms with Crippen molar-refractivity contribution < 1.29 is 22.4 Å². The van der Waals surface area contributed by atoms with Crippen molar-refractivity contribution in [2.24, 2.45) is 5.92 Å². The molecule has 9 heteroatoms. The van der Waals surface area contributed by atoms with Gasteiger partial charge < -0.3 is 9.74 Å². The maximum Gasteiger partial charge on any atom is 0.416 e. The van der Waals surface area contributed by atoms with Crippen LogP contribution in [-0.4, -0.2) is 34.5 Å². The number of carbonyl (C=O) groups excluding carboxylic acids is 1. The van der Waals surface area contributed by atoms with E-state index < -0.39 is 36.0 Å². The zero-order valence-corrected chi connectivity index (χ0v) is 19.9. The summed E-state index contributed by atoms with van der Waals surface area (Å²) in [5.74, 6) is -0.881. The van der Waals surface area contributed by atoms with Gasteiger partial charge in [0.15, 0.2) is 14.4 Å². The molecule has 0 aromatic heterocycles. The van der Waals surface area contributed by atoms with Crippen LogP contribution in [0.1, 0.15) is 34.6 Å². The Morgan fingerprint density at radius 1 is 1.22 bits per heavy atom. The molecule has 0 spiro atoms. The summed E-state index contributed by atoms with van der Waals surface area (Å²) in [5, 5.41) is 2.18. The third kappa shape index (κ3) is 6.28. The molecule has 0 bridgehead atoms. The van der Waals surface area contributed by atoms with Gasteiger partial charge >= 0.3 is 6.18 Å².